The lowest BCUT2D eigenvalue weighted by Gasteiger charge is -2.30. The summed E-state index contributed by atoms with van der Waals surface area (Å²) in [6.07, 6.45) is 1.03. The molecule has 0 aliphatic carbocycles. The number of nitrogens with one attached hydrogen (secondary N) is 1. The van der Waals surface area contributed by atoms with Crippen molar-refractivity contribution in [3.05, 3.63) is 32.5 Å². The lowest BCUT2D eigenvalue weighted by Crippen LogP contribution is -2.43. The molecule has 0 aromatic carbocycles. The van der Waals surface area contributed by atoms with Crippen LogP contribution in [0.2, 0.25) is 4.34 Å². The molecule has 2 amide bonds. The summed E-state index contributed by atoms with van der Waals surface area (Å²) in [6.45, 7) is 4.86. The molecule has 2 aliphatic rings. The van der Waals surface area contributed by atoms with Gasteiger partial charge in [0.15, 0.2) is 0 Å². The van der Waals surface area contributed by atoms with Gasteiger partial charge in [-0.3, -0.25) is 4.79 Å². The number of thiophene rings is 2. The van der Waals surface area contributed by atoms with Gasteiger partial charge in [-0.05, 0) is 50.8 Å². The van der Waals surface area contributed by atoms with Crippen LogP contribution in [-0.4, -0.2) is 68.4 Å². The van der Waals surface area contributed by atoms with Crippen LogP contribution in [0.25, 0.3) is 0 Å². The SMILES string of the molecule is CCOC(=O)c1c(NC(=O)C2CCCN(S(=O)(=O)c3ccc(Cl)s3)C2)sc2c1CCN(C(=O)OCC)C2. The lowest BCUT2D eigenvalue weighted by atomic mass is 9.98. The Bertz CT molecular complexity index is 1290. The zero-order valence-corrected chi connectivity index (χ0v) is 23.7. The number of anilines is 1. The van der Waals surface area contributed by atoms with Crippen LogP contribution in [0.5, 0.6) is 0 Å². The van der Waals surface area contributed by atoms with Crippen molar-refractivity contribution in [2.24, 2.45) is 5.92 Å². The van der Waals surface area contributed by atoms with Crippen molar-refractivity contribution in [3.8, 4) is 0 Å². The van der Waals surface area contributed by atoms with E-state index in [2.05, 4.69) is 5.32 Å². The number of ether oxygens (including phenoxy) is 2. The fraction of sp³-hybridized carbons (Fsp3) is 0.522. The van der Waals surface area contributed by atoms with Crippen molar-refractivity contribution in [1.29, 1.82) is 0 Å². The third-order valence-corrected chi connectivity index (χ3v) is 10.9. The number of sulfonamides is 1. The van der Waals surface area contributed by atoms with Gasteiger partial charge in [0.1, 0.15) is 9.21 Å². The normalized spacial score (nSPS) is 18.2. The first-order valence-electron chi connectivity index (χ1n) is 11.9. The van der Waals surface area contributed by atoms with E-state index in [-0.39, 0.29) is 36.4 Å². The summed E-state index contributed by atoms with van der Waals surface area (Å²) < 4.78 is 38.3. The molecular formula is C23H28ClN3O7S3. The number of hydrogen-bond donors (Lipinski definition) is 1. The van der Waals surface area contributed by atoms with Gasteiger partial charge < -0.3 is 19.7 Å². The van der Waals surface area contributed by atoms with Gasteiger partial charge in [-0.25, -0.2) is 18.0 Å². The highest BCUT2D eigenvalue weighted by molar-refractivity contribution is 7.91. The molecule has 1 saturated heterocycles. The number of amides is 2. The molecule has 202 valence electrons. The Morgan fingerprint density at radius 2 is 1.89 bits per heavy atom. The minimum Gasteiger partial charge on any atom is -0.462 e. The molecule has 0 radical (unpaired) electrons. The van der Waals surface area contributed by atoms with Crippen molar-refractivity contribution in [2.45, 2.75) is 43.9 Å². The van der Waals surface area contributed by atoms with E-state index < -0.39 is 28.0 Å². The number of rotatable bonds is 7. The average molecular weight is 590 g/mol. The molecule has 0 saturated carbocycles. The van der Waals surface area contributed by atoms with Gasteiger partial charge in [0.05, 0.1) is 35.6 Å². The highest BCUT2D eigenvalue weighted by Crippen LogP contribution is 2.39. The number of piperidine rings is 1. The minimum absolute atomic E-state index is 0.0279. The number of hydrogen-bond acceptors (Lipinski definition) is 9. The first-order chi connectivity index (χ1) is 17.6. The molecule has 2 aliphatic heterocycles. The summed E-state index contributed by atoms with van der Waals surface area (Å²) in [6, 6.07) is 3.00. The summed E-state index contributed by atoms with van der Waals surface area (Å²) in [4.78, 5) is 40.7. The van der Waals surface area contributed by atoms with E-state index in [9.17, 15) is 22.8 Å². The van der Waals surface area contributed by atoms with Crippen molar-refractivity contribution >= 4 is 67.3 Å². The molecule has 4 rings (SSSR count). The van der Waals surface area contributed by atoms with E-state index >= 15 is 0 Å². The predicted molar refractivity (Wildman–Crippen MR) is 141 cm³/mol. The quantitative estimate of drug-likeness (QED) is 0.480. The maximum Gasteiger partial charge on any atom is 0.410 e. The summed E-state index contributed by atoms with van der Waals surface area (Å²) in [5.74, 6) is -1.50. The second kappa shape index (κ2) is 11.7. The van der Waals surface area contributed by atoms with E-state index in [0.29, 0.717) is 47.3 Å². The van der Waals surface area contributed by atoms with Crippen LogP contribution < -0.4 is 5.32 Å². The van der Waals surface area contributed by atoms with Crippen molar-refractivity contribution in [3.63, 3.8) is 0 Å². The van der Waals surface area contributed by atoms with Crippen LogP contribution in [-0.2, 0) is 37.3 Å². The average Bonchev–Trinajstić information content (AvgIpc) is 3.47. The van der Waals surface area contributed by atoms with Gasteiger partial charge in [0, 0.05) is 24.5 Å². The summed E-state index contributed by atoms with van der Waals surface area (Å²) >= 11 is 8.13. The van der Waals surface area contributed by atoms with Gasteiger partial charge in [-0.2, -0.15) is 4.31 Å². The molecule has 1 N–H and O–H groups in total. The molecule has 10 nitrogen and oxygen atoms in total. The number of nitrogens with zero attached hydrogens (tertiary/aromatic N) is 2. The molecule has 1 atom stereocenters. The monoisotopic (exact) mass is 589 g/mol. The van der Waals surface area contributed by atoms with E-state index in [4.69, 9.17) is 21.1 Å². The number of fused-ring (bicyclic) bond motifs is 1. The molecule has 14 heteroatoms. The molecule has 2 aromatic rings. The van der Waals surface area contributed by atoms with Gasteiger partial charge in [-0.1, -0.05) is 11.6 Å². The van der Waals surface area contributed by atoms with Crippen molar-refractivity contribution < 1.29 is 32.3 Å². The van der Waals surface area contributed by atoms with E-state index in [1.807, 2.05) is 0 Å². The number of halogens is 1. The molecule has 4 heterocycles. The topological polar surface area (TPSA) is 122 Å². The molecule has 2 aromatic heterocycles. The predicted octanol–water partition coefficient (Wildman–Crippen LogP) is 4.19. The molecule has 1 unspecified atom stereocenters. The highest BCUT2D eigenvalue weighted by atomic mass is 35.5. The standard InChI is InChI=1S/C23H28ClN3O7S3/c1-3-33-22(29)19-15-9-11-26(23(30)34-4-2)13-16(15)35-21(19)25-20(28)14-6-5-10-27(12-14)37(31,32)18-8-7-17(24)36-18/h7-8,14H,3-6,9-13H2,1-2H3,(H,25,28). The molecule has 1 fully saturated rings. The van der Waals surface area contributed by atoms with Crippen molar-refractivity contribution in [1.82, 2.24) is 9.21 Å². The third kappa shape index (κ3) is 5.95. The summed E-state index contributed by atoms with van der Waals surface area (Å²) in [7, 11) is -3.76. The second-order valence-corrected chi connectivity index (χ2v) is 13.5. The zero-order chi connectivity index (χ0) is 26.7. The van der Waals surface area contributed by atoms with Crippen LogP contribution in [0.15, 0.2) is 16.3 Å². The van der Waals surface area contributed by atoms with Gasteiger partial charge in [-0.15, -0.1) is 22.7 Å². The Labute approximate surface area is 228 Å². The van der Waals surface area contributed by atoms with Crippen molar-refractivity contribution in [2.75, 3.05) is 38.2 Å². The fourth-order valence-corrected chi connectivity index (χ4v) is 8.85. The van der Waals surface area contributed by atoms with Gasteiger partial charge >= 0.3 is 12.1 Å². The van der Waals surface area contributed by atoms with Crippen LogP contribution in [0.3, 0.4) is 0 Å². The summed E-state index contributed by atoms with van der Waals surface area (Å²) in [5, 5.41) is 3.22. The Kier molecular flexibility index (Phi) is 8.79. The second-order valence-electron chi connectivity index (χ2n) is 8.55. The smallest absolute Gasteiger partial charge is 0.410 e. The third-order valence-electron chi connectivity index (χ3n) is 6.20. The Hall–Kier alpha value is -2.19. The van der Waals surface area contributed by atoms with E-state index in [1.54, 1.807) is 18.7 Å². The molecule has 0 spiro atoms. The van der Waals surface area contributed by atoms with Crippen LogP contribution in [0, 0.1) is 5.92 Å². The van der Waals surface area contributed by atoms with E-state index in [0.717, 1.165) is 21.8 Å². The zero-order valence-electron chi connectivity index (χ0n) is 20.5. The summed E-state index contributed by atoms with van der Waals surface area (Å²) in [5.41, 5.74) is 1.05. The number of carbonyl (C=O) groups excluding carboxylic acids is 3. The Morgan fingerprint density at radius 3 is 2.57 bits per heavy atom. The highest BCUT2D eigenvalue weighted by Gasteiger charge is 2.36. The molecule has 37 heavy (non-hydrogen) atoms. The largest absolute Gasteiger partial charge is 0.462 e. The maximum atomic E-state index is 13.3. The van der Waals surface area contributed by atoms with Crippen LogP contribution >= 0.6 is 34.3 Å². The number of esters is 1. The fourth-order valence-electron chi connectivity index (χ4n) is 4.43. The molecule has 0 bridgehead atoms. The first kappa shape index (κ1) is 27.8. The van der Waals surface area contributed by atoms with Gasteiger partial charge in [0.2, 0.25) is 5.91 Å². The Balaban J connectivity index is 1.54. The molecular weight excluding hydrogens is 562 g/mol. The maximum absolute atomic E-state index is 13.3. The number of carbonyl (C=O) groups is 3. The minimum atomic E-state index is -3.76. The van der Waals surface area contributed by atoms with Crippen LogP contribution in [0.1, 0.15) is 47.5 Å². The Morgan fingerprint density at radius 1 is 1.14 bits per heavy atom. The van der Waals surface area contributed by atoms with E-state index in [1.165, 1.54) is 27.8 Å². The first-order valence-corrected chi connectivity index (χ1v) is 15.4. The lowest BCUT2D eigenvalue weighted by molar-refractivity contribution is -0.120. The van der Waals surface area contributed by atoms with Crippen LogP contribution in [0.4, 0.5) is 9.80 Å². The van der Waals surface area contributed by atoms with Gasteiger partial charge in [0.25, 0.3) is 10.0 Å².